The van der Waals surface area contributed by atoms with E-state index in [1.807, 2.05) is 4.90 Å². The lowest BCUT2D eigenvalue weighted by molar-refractivity contribution is -0.139. The molecular formula is C21H23F3N4O3. The molecule has 7 nitrogen and oxygen atoms in total. The third-order valence-corrected chi connectivity index (χ3v) is 5.82. The summed E-state index contributed by atoms with van der Waals surface area (Å²) >= 11 is 0. The van der Waals surface area contributed by atoms with Crippen LogP contribution in [-0.2, 0) is 23.8 Å². The summed E-state index contributed by atoms with van der Waals surface area (Å²) in [6, 6.07) is 2.92. The van der Waals surface area contributed by atoms with E-state index in [1.165, 1.54) is 6.07 Å². The molecule has 1 aromatic carbocycles. The van der Waals surface area contributed by atoms with Gasteiger partial charge in [0.2, 0.25) is 0 Å². The average Bonchev–Trinajstić information content (AvgIpc) is 3.18. The van der Waals surface area contributed by atoms with Gasteiger partial charge in [-0.15, -0.1) is 10.2 Å². The number of likely N-dealkylation sites (tertiary alicyclic amines) is 1. The summed E-state index contributed by atoms with van der Waals surface area (Å²) in [4.78, 5) is 12.9. The highest BCUT2D eigenvalue weighted by Gasteiger charge is 2.32. The Labute approximate surface area is 176 Å². The monoisotopic (exact) mass is 436 g/mol. The molecule has 1 saturated heterocycles. The van der Waals surface area contributed by atoms with Crippen LogP contribution in [0.15, 0.2) is 18.2 Å². The first-order valence-electron chi connectivity index (χ1n) is 10.2. The van der Waals surface area contributed by atoms with Gasteiger partial charge in [0.05, 0.1) is 12.1 Å². The number of aliphatic carboxylic acids is 1. The highest BCUT2D eigenvalue weighted by Crippen LogP contribution is 2.40. The van der Waals surface area contributed by atoms with Crippen molar-refractivity contribution >= 4 is 11.8 Å². The minimum absolute atomic E-state index is 0.00585. The zero-order chi connectivity index (χ0) is 22.2. The number of hydrogen-bond donors (Lipinski definition) is 3. The molecule has 31 heavy (non-hydrogen) atoms. The number of phenolic OH excluding ortho intramolecular Hbond substituents is 1. The van der Waals surface area contributed by atoms with Crippen molar-refractivity contribution in [1.82, 2.24) is 15.1 Å². The van der Waals surface area contributed by atoms with Crippen LogP contribution in [0.1, 0.15) is 36.0 Å². The highest BCUT2D eigenvalue weighted by atomic mass is 19.4. The number of carbonyl (C=O) groups is 1. The molecule has 0 radical (unpaired) electrons. The largest absolute Gasteiger partial charge is 0.507 e. The number of carboxylic acid groups (broad SMARTS) is 1. The first kappa shape index (κ1) is 21.4. The maximum atomic E-state index is 12.9. The SMILES string of the molecule is O=C(O)CN1CCC[C@@H](Nc2nnc(-c3ccc(C(F)(F)F)cc3O)c3c2CCC3)C1. The summed E-state index contributed by atoms with van der Waals surface area (Å²) in [6.07, 6.45) is -0.460. The molecule has 2 aliphatic rings. The molecule has 1 atom stereocenters. The fourth-order valence-corrected chi connectivity index (χ4v) is 4.43. The second-order valence-corrected chi connectivity index (χ2v) is 8.05. The van der Waals surface area contributed by atoms with Crippen LogP contribution in [0.2, 0.25) is 0 Å². The van der Waals surface area contributed by atoms with E-state index in [0.717, 1.165) is 49.4 Å². The summed E-state index contributed by atoms with van der Waals surface area (Å²) in [7, 11) is 0. The Balaban J connectivity index is 1.59. The quantitative estimate of drug-likeness (QED) is 0.661. The summed E-state index contributed by atoms with van der Waals surface area (Å²) in [6.45, 7) is 1.32. The molecule has 166 valence electrons. The maximum absolute atomic E-state index is 12.9. The first-order valence-corrected chi connectivity index (χ1v) is 10.2. The molecule has 0 bridgehead atoms. The van der Waals surface area contributed by atoms with Crippen LogP contribution in [0.5, 0.6) is 5.75 Å². The maximum Gasteiger partial charge on any atom is 0.416 e. The number of aromatic nitrogens is 2. The molecule has 0 saturated carbocycles. The van der Waals surface area contributed by atoms with Gasteiger partial charge in [0, 0.05) is 23.7 Å². The van der Waals surface area contributed by atoms with Crippen molar-refractivity contribution in [2.75, 3.05) is 25.0 Å². The molecule has 1 aromatic heterocycles. The van der Waals surface area contributed by atoms with Gasteiger partial charge in [0.15, 0.2) is 5.82 Å². The molecule has 0 amide bonds. The fraction of sp³-hybridized carbons (Fsp3) is 0.476. The number of nitrogens with one attached hydrogen (secondary N) is 1. The van der Waals surface area contributed by atoms with E-state index in [4.69, 9.17) is 5.11 Å². The van der Waals surface area contributed by atoms with Crippen LogP contribution in [-0.4, -0.2) is 57.0 Å². The molecule has 1 aliphatic heterocycles. The lowest BCUT2D eigenvalue weighted by Crippen LogP contribution is -2.44. The number of benzene rings is 1. The number of piperidine rings is 1. The number of rotatable bonds is 5. The van der Waals surface area contributed by atoms with Gasteiger partial charge < -0.3 is 15.5 Å². The fourth-order valence-electron chi connectivity index (χ4n) is 4.43. The van der Waals surface area contributed by atoms with Crippen LogP contribution in [0.25, 0.3) is 11.3 Å². The van der Waals surface area contributed by atoms with E-state index in [-0.39, 0.29) is 18.2 Å². The van der Waals surface area contributed by atoms with E-state index >= 15 is 0 Å². The molecule has 2 heterocycles. The standard InChI is InChI=1S/C21H23F3N4O3/c22-21(23,24)12-6-7-16(17(29)9-12)19-14-4-1-5-15(14)20(27-26-19)25-13-3-2-8-28(10-13)11-18(30)31/h6-7,9,13,29H,1-5,8,10-11H2,(H,25,27)(H,30,31)/t13-/m1/s1. The Bertz CT molecular complexity index is 997. The van der Waals surface area contributed by atoms with E-state index < -0.39 is 23.5 Å². The van der Waals surface area contributed by atoms with Gasteiger partial charge in [-0.25, -0.2) is 0 Å². The van der Waals surface area contributed by atoms with E-state index in [9.17, 15) is 23.1 Å². The number of alkyl halides is 3. The van der Waals surface area contributed by atoms with Gasteiger partial charge in [-0.3, -0.25) is 9.69 Å². The van der Waals surface area contributed by atoms with Crippen LogP contribution >= 0.6 is 0 Å². The average molecular weight is 436 g/mol. The normalized spacial score (nSPS) is 19.3. The van der Waals surface area contributed by atoms with Crippen molar-refractivity contribution in [2.45, 2.75) is 44.3 Å². The van der Waals surface area contributed by atoms with Crippen molar-refractivity contribution < 1.29 is 28.2 Å². The van der Waals surface area contributed by atoms with Crippen LogP contribution in [0.3, 0.4) is 0 Å². The van der Waals surface area contributed by atoms with Crippen LogP contribution < -0.4 is 5.32 Å². The highest BCUT2D eigenvalue weighted by molar-refractivity contribution is 5.73. The van der Waals surface area contributed by atoms with Crippen molar-refractivity contribution in [2.24, 2.45) is 0 Å². The third kappa shape index (κ3) is 4.58. The van der Waals surface area contributed by atoms with E-state index in [0.29, 0.717) is 30.5 Å². The minimum Gasteiger partial charge on any atom is -0.507 e. The van der Waals surface area contributed by atoms with Gasteiger partial charge >= 0.3 is 12.1 Å². The Kier molecular flexibility index (Phi) is 5.74. The van der Waals surface area contributed by atoms with Gasteiger partial charge in [0.1, 0.15) is 11.4 Å². The van der Waals surface area contributed by atoms with Crippen LogP contribution in [0.4, 0.5) is 19.0 Å². The number of fused-ring (bicyclic) bond motifs is 1. The molecule has 2 aromatic rings. The van der Waals surface area contributed by atoms with Crippen LogP contribution in [0, 0.1) is 0 Å². The Hall–Kier alpha value is -2.88. The zero-order valence-corrected chi connectivity index (χ0v) is 16.7. The number of nitrogens with zero attached hydrogens (tertiary/aromatic N) is 3. The van der Waals surface area contributed by atoms with Gasteiger partial charge in [-0.2, -0.15) is 13.2 Å². The van der Waals surface area contributed by atoms with E-state index in [2.05, 4.69) is 15.5 Å². The predicted molar refractivity (Wildman–Crippen MR) is 107 cm³/mol. The minimum atomic E-state index is -4.54. The number of hydrogen-bond acceptors (Lipinski definition) is 6. The van der Waals surface area contributed by atoms with Crippen molar-refractivity contribution in [3.8, 4) is 17.0 Å². The molecule has 1 aliphatic carbocycles. The Morgan fingerprint density at radius 1 is 1.19 bits per heavy atom. The summed E-state index contributed by atoms with van der Waals surface area (Å²) < 4.78 is 38.7. The number of halogens is 3. The predicted octanol–water partition coefficient (Wildman–Crippen LogP) is 3.32. The van der Waals surface area contributed by atoms with Crippen molar-refractivity contribution in [1.29, 1.82) is 0 Å². The topological polar surface area (TPSA) is 98.6 Å². The first-order chi connectivity index (χ1) is 14.7. The molecule has 0 unspecified atom stereocenters. The Morgan fingerprint density at radius 2 is 1.97 bits per heavy atom. The molecule has 10 heteroatoms. The Morgan fingerprint density at radius 3 is 2.68 bits per heavy atom. The lowest BCUT2D eigenvalue weighted by Gasteiger charge is -2.32. The molecule has 0 spiro atoms. The molecule has 1 fully saturated rings. The molecular weight excluding hydrogens is 413 g/mol. The smallest absolute Gasteiger partial charge is 0.416 e. The second-order valence-electron chi connectivity index (χ2n) is 8.05. The lowest BCUT2D eigenvalue weighted by atomic mass is 10.0. The van der Waals surface area contributed by atoms with E-state index in [1.54, 1.807) is 0 Å². The number of carboxylic acids is 1. The van der Waals surface area contributed by atoms with Crippen molar-refractivity contribution in [3.05, 3.63) is 34.9 Å². The summed E-state index contributed by atoms with van der Waals surface area (Å²) in [5, 5.41) is 31.2. The zero-order valence-electron chi connectivity index (χ0n) is 16.7. The number of anilines is 1. The summed E-state index contributed by atoms with van der Waals surface area (Å²) in [5.74, 6) is -0.706. The number of phenols is 1. The van der Waals surface area contributed by atoms with Gasteiger partial charge in [0.25, 0.3) is 0 Å². The third-order valence-electron chi connectivity index (χ3n) is 5.82. The van der Waals surface area contributed by atoms with Crippen molar-refractivity contribution in [3.63, 3.8) is 0 Å². The van der Waals surface area contributed by atoms with Gasteiger partial charge in [-0.05, 0) is 62.4 Å². The summed E-state index contributed by atoms with van der Waals surface area (Å²) in [5.41, 5.74) is 1.56. The second kappa shape index (κ2) is 8.33. The molecule has 3 N–H and O–H groups in total. The van der Waals surface area contributed by atoms with Gasteiger partial charge in [-0.1, -0.05) is 0 Å². The number of aromatic hydroxyl groups is 1. The molecule has 4 rings (SSSR count).